The molecule has 0 bridgehead atoms. The molecule has 14 heavy (non-hydrogen) atoms. The molecule has 0 aliphatic rings. The number of nitrogens with two attached hydrogens (primary N) is 1. The first-order chi connectivity index (χ1) is 6.63. The number of anilines is 1. The first kappa shape index (κ1) is 10.4. The van der Waals surface area contributed by atoms with Crippen molar-refractivity contribution in [2.45, 2.75) is 6.61 Å². The molecule has 0 aliphatic heterocycles. The highest BCUT2D eigenvalue weighted by atomic mass is 16.3. The summed E-state index contributed by atoms with van der Waals surface area (Å²) >= 11 is 0. The molecule has 0 saturated carbocycles. The van der Waals surface area contributed by atoms with Crippen LogP contribution in [0.2, 0.25) is 0 Å². The van der Waals surface area contributed by atoms with Gasteiger partial charge in [0.1, 0.15) is 0 Å². The second kappa shape index (κ2) is 4.52. The number of carbonyl (C=O) groups excluding carboxylic acids is 1. The molecule has 6 nitrogen and oxygen atoms in total. The fourth-order valence-electron chi connectivity index (χ4n) is 0.931. The average molecular weight is 196 g/mol. The summed E-state index contributed by atoms with van der Waals surface area (Å²) in [5.41, 5.74) is 5.64. The molecule has 1 aromatic rings. The summed E-state index contributed by atoms with van der Waals surface area (Å²) in [6.07, 6.45) is 3.00. The molecular formula is C8H12N4O2. The second-order valence-electron chi connectivity index (χ2n) is 2.87. The zero-order chi connectivity index (χ0) is 10.6. The molecule has 1 rings (SSSR count). The lowest BCUT2D eigenvalue weighted by molar-refractivity contribution is -0.116. The van der Waals surface area contributed by atoms with Gasteiger partial charge in [-0.15, -0.1) is 0 Å². The van der Waals surface area contributed by atoms with Gasteiger partial charge in [0.05, 0.1) is 13.2 Å². The molecule has 0 radical (unpaired) electrons. The molecule has 0 aliphatic carbocycles. The van der Waals surface area contributed by atoms with Crippen molar-refractivity contribution in [2.75, 3.05) is 18.5 Å². The minimum Gasteiger partial charge on any atom is -0.392 e. The molecule has 3 N–H and O–H groups in total. The smallest absolute Gasteiger partial charge is 0.237 e. The van der Waals surface area contributed by atoms with Gasteiger partial charge < -0.3 is 15.7 Å². The fraction of sp³-hybridized carbons (Fsp3) is 0.375. The number of carbonyl (C=O) groups is 1. The maximum atomic E-state index is 10.6. The van der Waals surface area contributed by atoms with Gasteiger partial charge in [-0.2, -0.15) is 0 Å². The monoisotopic (exact) mass is 196 g/mol. The lowest BCUT2D eigenvalue weighted by Gasteiger charge is -2.14. The van der Waals surface area contributed by atoms with Crippen LogP contribution in [0, 0.1) is 0 Å². The third kappa shape index (κ3) is 2.67. The van der Waals surface area contributed by atoms with Gasteiger partial charge in [-0.1, -0.05) is 0 Å². The number of aliphatic hydroxyl groups is 1. The van der Waals surface area contributed by atoms with Crippen molar-refractivity contribution in [2.24, 2.45) is 5.73 Å². The fourth-order valence-corrected chi connectivity index (χ4v) is 0.931. The van der Waals surface area contributed by atoms with Gasteiger partial charge in [0, 0.05) is 25.0 Å². The Balaban J connectivity index is 2.71. The van der Waals surface area contributed by atoms with Crippen molar-refractivity contribution in [3.05, 3.63) is 18.0 Å². The third-order valence-electron chi connectivity index (χ3n) is 1.61. The van der Waals surface area contributed by atoms with Crippen LogP contribution < -0.4 is 10.6 Å². The maximum Gasteiger partial charge on any atom is 0.237 e. The van der Waals surface area contributed by atoms with Gasteiger partial charge in [-0.25, -0.2) is 9.97 Å². The Bertz CT molecular complexity index is 312. The van der Waals surface area contributed by atoms with Crippen LogP contribution in [0.4, 0.5) is 5.95 Å². The number of aromatic nitrogens is 2. The average Bonchev–Trinajstić information content (AvgIpc) is 2.17. The van der Waals surface area contributed by atoms with Crippen molar-refractivity contribution < 1.29 is 9.90 Å². The summed E-state index contributed by atoms with van der Waals surface area (Å²) < 4.78 is 0. The minimum atomic E-state index is -0.442. The summed E-state index contributed by atoms with van der Waals surface area (Å²) in [5.74, 6) is -0.0386. The molecule has 0 saturated heterocycles. The number of rotatable bonds is 4. The maximum absolute atomic E-state index is 10.6. The van der Waals surface area contributed by atoms with E-state index in [-0.39, 0.29) is 13.2 Å². The van der Waals surface area contributed by atoms with E-state index in [9.17, 15) is 4.79 Å². The lowest BCUT2D eigenvalue weighted by atomic mass is 10.4. The number of amides is 1. The summed E-state index contributed by atoms with van der Waals surface area (Å²) in [5, 5.41) is 8.74. The van der Waals surface area contributed by atoms with E-state index >= 15 is 0 Å². The number of likely N-dealkylation sites (N-methyl/N-ethyl adjacent to an activating group) is 1. The molecule has 0 aromatic carbocycles. The van der Waals surface area contributed by atoms with E-state index in [4.69, 9.17) is 10.8 Å². The SMILES string of the molecule is CN(CC(N)=O)c1ncc(CO)cn1. The van der Waals surface area contributed by atoms with Crippen LogP contribution in [0.3, 0.4) is 0 Å². The highest BCUT2D eigenvalue weighted by Crippen LogP contribution is 2.03. The van der Waals surface area contributed by atoms with E-state index in [1.165, 1.54) is 17.3 Å². The summed E-state index contributed by atoms with van der Waals surface area (Å²) in [6.45, 7) is -0.0295. The van der Waals surface area contributed by atoms with Crippen LogP contribution in [0.15, 0.2) is 12.4 Å². The van der Waals surface area contributed by atoms with Crippen LogP contribution >= 0.6 is 0 Å². The van der Waals surface area contributed by atoms with Gasteiger partial charge in [-0.05, 0) is 0 Å². The van der Waals surface area contributed by atoms with E-state index in [1.54, 1.807) is 7.05 Å². The van der Waals surface area contributed by atoms with E-state index in [0.717, 1.165) is 0 Å². The number of primary amides is 1. The molecule has 0 unspecified atom stereocenters. The highest BCUT2D eigenvalue weighted by Gasteiger charge is 2.06. The largest absolute Gasteiger partial charge is 0.392 e. The van der Waals surface area contributed by atoms with Crippen LogP contribution in [-0.4, -0.2) is 34.6 Å². The highest BCUT2D eigenvalue weighted by molar-refractivity contribution is 5.78. The summed E-state index contributed by atoms with van der Waals surface area (Å²) in [7, 11) is 1.67. The first-order valence-electron chi connectivity index (χ1n) is 4.04. The normalized spacial score (nSPS) is 9.86. The predicted molar refractivity (Wildman–Crippen MR) is 50.4 cm³/mol. The number of hydrogen-bond donors (Lipinski definition) is 2. The van der Waals surface area contributed by atoms with Gasteiger partial charge in [-0.3, -0.25) is 4.79 Å². The Morgan fingerprint density at radius 3 is 2.57 bits per heavy atom. The number of aliphatic hydroxyl groups excluding tert-OH is 1. The summed E-state index contributed by atoms with van der Waals surface area (Å²) in [6, 6.07) is 0. The van der Waals surface area contributed by atoms with E-state index < -0.39 is 5.91 Å². The molecule has 0 fully saturated rings. The molecule has 1 amide bonds. The van der Waals surface area contributed by atoms with Gasteiger partial charge in [0.25, 0.3) is 0 Å². The number of hydrogen-bond acceptors (Lipinski definition) is 5. The minimum absolute atomic E-state index is 0.0679. The Labute approximate surface area is 81.4 Å². The van der Waals surface area contributed by atoms with E-state index in [0.29, 0.717) is 11.5 Å². The Morgan fingerprint density at radius 1 is 1.57 bits per heavy atom. The van der Waals surface area contributed by atoms with Gasteiger partial charge in [0.2, 0.25) is 11.9 Å². The zero-order valence-corrected chi connectivity index (χ0v) is 7.84. The Morgan fingerprint density at radius 2 is 2.14 bits per heavy atom. The van der Waals surface area contributed by atoms with Crippen LogP contribution in [0.25, 0.3) is 0 Å². The van der Waals surface area contributed by atoms with E-state index in [1.807, 2.05) is 0 Å². The lowest BCUT2D eigenvalue weighted by Crippen LogP contribution is -2.31. The zero-order valence-electron chi connectivity index (χ0n) is 7.84. The van der Waals surface area contributed by atoms with E-state index in [2.05, 4.69) is 9.97 Å². The molecule has 1 aromatic heterocycles. The standard InChI is InChI=1S/C8H12N4O2/c1-12(4-7(9)14)8-10-2-6(5-13)3-11-8/h2-3,13H,4-5H2,1H3,(H2,9,14). The number of nitrogens with zero attached hydrogens (tertiary/aromatic N) is 3. The van der Waals surface area contributed by atoms with Gasteiger partial charge in [0.15, 0.2) is 0 Å². The van der Waals surface area contributed by atoms with Crippen molar-refractivity contribution in [1.82, 2.24) is 9.97 Å². The second-order valence-corrected chi connectivity index (χ2v) is 2.87. The molecule has 0 spiro atoms. The molecule has 76 valence electrons. The van der Waals surface area contributed by atoms with Crippen molar-refractivity contribution in [1.29, 1.82) is 0 Å². The van der Waals surface area contributed by atoms with Crippen molar-refractivity contribution in [3.63, 3.8) is 0 Å². The Hall–Kier alpha value is -1.69. The van der Waals surface area contributed by atoms with Crippen molar-refractivity contribution in [3.8, 4) is 0 Å². The first-order valence-corrected chi connectivity index (χ1v) is 4.04. The predicted octanol–water partition coefficient (Wildman–Crippen LogP) is -1.11. The topological polar surface area (TPSA) is 92.3 Å². The third-order valence-corrected chi connectivity index (χ3v) is 1.61. The summed E-state index contributed by atoms with van der Waals surface area (Å²) in [4.78, 5) is 20.0. The van der Waals surface area contributed by atoms with Crippen molar-refractivity contribution >= 4 is 11.9 Å². The molecule has 1 heterocycles. The molecule has 6 heteroatoms. The van der Waals surface area contributed by atoms with Gasteiger partial charge >= 0.3 is 0 Å². The molecule has 0 atom stereocenters. The quantitative estimate of drug-likeness (QED) is 0.637. The Kier molecular flexibility index (Phi) is 3.35. The molecular weight excluding hydrogens is 184 g/mol. The van der Waals surface area contributed by atoms with Crippen LogP contribution in [0.1, 0.15) is 5.56 Å². The van der Waals surface area contributed by atoms with Crippen LogP contribution in [-0.2, 0) is 11.4 Å². The van der Waals surface area contributed by atoms with Crippen LogP contribution in [0.5, 0.6) is 0 Å².